The van der Waals surface area contributed by atoms with Crippen molar-refractivity contribution in [1.82, 2.24) is 0 Å². The quantitative estimate of drug-likeness (QED) is 0.161. The first-order valence-electron chi connectivity index (χ1n) is 10.9. The summed E-state index contributed by atoms with van der Waals surface area (Å²) in [6, 6.07) is 28.2. The van der Waals surface area contributed by atoms with E-state index in [9.17, 15) is 14.9 Å². The maximum Gasteiger partial charge on any atom is 0.266 e. The molecule has 4 rings (SSSR count). The Balaban J connectivity index is 1.61. The highest BCUT2D eigenvalue weighted by Gasteiger charge is 2.15. The minimum absolute atomic E-state index is 0.114. The van der Waals surface area contributed by atoms with Crippen LogP contribution in [0.5, 0.6) is 5.75 Å². The van der Waals surface area contributed by atoms with Crippen molar-refractivity contribution in [2.75, 3.05) is 5.32 Å². The molecule has 1 N–H and O–H groups in total. The van der Waals surface area contributed by atoms with E-state index < -0.39 is 5.91 Å². The Kier molecular flexibility index (Phi) is 7.39. The number of benzene rings is 4. The number of hydrogen-bond acceptors (Lipinski definition) is 4. The molecular weight excluding hydrogens is 504 g/mol. The van der Waals surface area contributed by atoms with Gasteiger partial charge in [0.05, 0.1) is 5.69 Å². The van der Waals surface area contributed by atoms with Crippen LogP contribution in [0.15, 0.2) is 95.0 Å². The molecule has 4 aromatic rings. The summed E-state index contributed by atoms with van der Waals surface area (Å²) in [6.07, 6.45) is 1.48. The van der Waals surface area contributed by atoms with E-state index in [4.69, 9.17) is 4.74 Å². The van der Waals surface area contributed by atoms with Gasteiger partial charge in [0.1, 0.15) is 24.0 Å². The fourth-order valence-corrected chi connectivity index (χ4v) is 4.11. The van der Waals surface area contributed by atoms with Crippen molar-refractivity contribution < 1.29 is 14.3 Å². The molecule has 6 heteroatoms. The van der Waals surface area contributed by atoms with Gasteiger partial charge in [0.25, 0.3) is 5.91 Å². The van der Waals surface area contributed by atoms with Gasteiger partial charge in [0, 0.05) is 15.6 Å². The lowest BCUT2D eigenvalue weighted by atomic mass is 10.1. The van der Waals surface area contributed by atoms with Gasteiger partial charge < -0.3 is 10.1 Å². The molecule has 0 aliphatic carbocycles. The molecule has 0 spiro atoms. The minimum atomic E-state index is -0.610. The van der Waals surface area contributed by atoms with Crippen LogP contribution in [0, 0.1) is 11.3 Å². The van der Waals surface area contributed by atoms with Gasteiger partial charge in [-0.3, -0.25) is 9.59 Å². The van der Waals surface area contributed by atoms with Crippen molar-refractivity contribution in [3.63, 3.8) is 0 Å². The molecule has 0 fully saturated rings. The minimum Gasteiger partial charge on any atom is -0.488 e. The Morgan fingerprint density at radius 2 is 1.74 bits per heavy atom. The molecule has 172 valence electrons. The van der Waals surface area contributed by atoms with Crippen molar-refractivity contribution in [2.45, 2.75) is 13.5 Å². The first-order chi connectivity index (χ1) is 17.0. The summed E-state index contributed by atoms with van der Waals surface area (Å²) in [5, 5.41) is 14.6. The first-order valence-corrected chi connectivity index (χ1v) is 11.7. The number of fused-ring (bicyclic) bond motifs is 1. The van der Waals surface area contributed by atoms with E-state index in [-0.39, 0.29) is 11.4 Å². The van der Waals surface area contributed by atoms with E-state index in [0.717, 1.165) is 20.8 Å². The summed E-state index contributed by atoms with van der Waals surface area (Å²) < 4.78 is 6.91. The number of nitriles is 1. The lowest BCUT2D eigenvalue weighted by molar-refractivity contribution is -0.112. The van der Waals surface area contributed by atoms with E-state index in [1.807, 2.05) is 42.5 Å². The van der Waals surface area contributed by atoms with E-state index in [2.05, 4.69) is 33.4 Å². The number of halogens is 1. The van der Waals surface area contributed by atoms with Gasteiger partial charge in [0.15, 0.2) is 5.78 Å². The number of Topliss-reactive ketones (excluding diaryl/α,β-unsaturated/α-hetero) is 1. The lowest BCUT2D eigenvalue weighted by Gasteiger charge is -2.12. The Morgan fingerprint density at radius 3 is 2.54 bits per heavy atom. The highest BCUT2D eigenvalue weighted by Crippen LogP contribution is 2.28. The number of nitrogens with one attached hydrogen (secondary N) is 1. The fourth-order valence-electron chi connectivity index (χ4n) is 3.73. The van der Waals surface area contributed by atoms with Crippen molar-refractivity contribution in [3.8, 4) is 11.8 Å². The zero-order valence-corrected chi connectivity index (χ0v) is 20.5. The molecule has 0 aliphatic heterocycles. The number of anilines is 1. The molecule has 0 radical (unpaired) electrons. The average Bonchev–Trinajstić information content (AvgIpc) is 2.86. The molecule has 0 bridgehead atoms. The third-order valence-corrected chi connectivity index (χ3v) is 5.95. The summed E-state index contributed by atoms with van der Waals surface area (Å²) in [6.45, 7) is 1.75. The van der Waals surface area contributed by atoms with Gasteiger partial charge in [-0.1, -0.05) is 70.5 Å². The fraction of sp³-hybridized carbons (Fsp3) is 0.0690. The molecule has 1 amide bonds. The second-order valence-corrected chi connectivity index (χ2v) is 8.75. The first kappa shape index (κ1) is 23.9. The summed E-state index contributed by atoms with van der Waals surface area (Å²) in [7, 11) is 0. The average molecular weight is 525 g/mol. The maximum atomic E-state index is 12.9. The number of rotatable bonds is 7. The molecule has 0 saturated heterocycles. The van der Waals surface area contributed by atoms with Crippen LogP contribution in [0.3, 0.4) is 0 Å². The monoisotopic (exact) mass is 524 g/mol. The second-order valence-electron chi connectivity index (χ2n) is 7.83. The number of nitrogens with zero attached hydrogens (tertiary/aromatic N) is 1. The SMILES string of the molecule is CC(=O)c1ccccc1NC(=O)/C(C#N)=C\c1cc(Br)ccc1OCc1cccc2ccccc12. The smallest absolute Gasteiger partial charge is 0.266 e. The summed E-state index contributed by atoms with van der Waals surface area (Å²) in [5.41, 5.74) is 2.22. The molecule has 0 saturated carbocycles. The van der Waals surface area contributed by atoms with Crippen LogP contribution >= 0.6 is 15.9 Å². The van der Waals surface area contributed by atoms with Gasteiger partial charge in [-0.15, -0.1) is 0 Å². The van der Waals surface area contributed by atoms with Gasteiger partial charge in [-0.25, -0.2) is 0 Å². The molecular formula is C29H21BrN2O3. The van der Waals surface area contributed by atoms with Crippen molar-refractivity contribution in [1.29, 1.82) is 5.26 Å². The van der Waals surface area contributed by atoms with Crippen molar-refractivity contribution in [2.24, 2.45) is 0 Å². The predicted molar refractivity (Wildman–Crippen MR) is 141 cm³/mol. The van der Waals surface area contributed by atoms with Gasteiger partial charge >= 0.3 is 0 Å². The summed E-state index contributed by atoms with van der Waals surface area (Å²) in [4.78, 5) is 24.8. The molecule has 0 aromatic heterocycles. The van der Waals surface area contributed by atoms with E-state index in [0.29, 0.717) is 29.2 Å². The van der Waals surface area contributed by atoms with E-state index in [1.54, 1.807) is 36.4 Å². The van der Waals surface area contributed by atoms with Crippen LogP contribution in [0.2, 0.25) is 0 Å². The molecule has 0 unspecified atom stereocenters. The van der Waals surface area contributed by atoms with E-state index >= 15 is 0 Å². The largest absolute Gasteiger partial charge is 0.488 e. The maximum absolute atomic E-state index is 12.9. The van der Waals surface area contributed by atoms with Crippen LogP contribution in [-0.2, 0) is 11.4 Å². The Labute approximate surface area is 211 Å². The molecule has 5 nitrogen and oxygen atoms in total. The molecule has 4 aromatic carbocycles. The molecule has 0 heterocycles. The van der Waals surface area contributed by atoms with Crippen molar-refractivity contribution in [3.05, 3.63) is 112 Å². The number of para-hydroxylation sites is 1. The van der Waals surface area contributed by atoms with Crippen molar-refractivity contribution >= 4 is 50.2 Å². The lowest BCUT2D eigenvalue weighted by Crippen LogP contribution is -2.15. The Hall–Kier alpha value is -4.21. The van der Waals surface area contributed by atoms with Crippen LogP contribution < -0.4 is 10.1 Å². The van der Waals surface area contributed by atoms with Gasteiger partial charge in [0.2, 0.25) is 0 Å². The third-order valence-electron chi connectivity index (χ3n) is 5.45. The normalized spacial score (nSPS) is 11.1. The number of hydrogen-bond donors (Lipinski definition) is 1. The summed E-state index contributed by atoms with van der Waals surface area (Å²) >= 11 is 3.45. The third kappa shape index (κ3) is 5.65. The standard InChI is InChI=1S/C29H21BrN2O3/c1-19(33)25-10-4-5-12-27(25)32-29(34)23(17-31)15-22-16-24(30)13-14-28(22)35-18-21-9-6-8-20-7-2-3-11-26(20)21/h2-16H,18H2,1H3,(H,32,34)/b23-15-. The molecule has 0 atom stereocenters. The summed E-state index contributed by atoms with van der Waals surface area (Å²) in [5.74, 6) is -0.258. The number of ketones is 1. The molecule has 0 aliphatic rings. The van der Waals surface area contributed by atoms with Crippen LogP contribution in [0.25, 0.3) is 16.8 Å². The number of carbonyl (C=O) groups is 2. The Bertz CT molecular complexity index is 1500. The Morgan fingerprint density at radius 1 is 1.00 bits per heavy atom. The van der Waals surface area contributed by atoms with E-state index in [1.165, 1.54) is 13.0 Å². The predicted octanol–water partition coefficient (Wildman–Crippen LogP) is 6.93. The number of carbonyl (C=O) groups excluding carboxylic acids is 2. The second kappa shape index (κ2) is 10.8. The highest BCUT2D eigenvalue weighted by atomic mass is 79.9. The van der Waals surface area contributed by atoms with Crippen LogP contribution in [0.1, 0.15) is 28.4 Å². The van der Waals surface area contributed by atoms with Gasteiger partial charge in [-0.2, -0.15) is 5.26 Å². The zero-order valence-electron chi connectivity index (χ0n) is 18.9. The van der Waals surface area contributed by atoms with Crippen LogP contribution in [0.4, 0.5) is 5.69 Å². The zero-order chi connectivity index (χ0) is 24.8. The number of ether oxygens (including phenoxy) is 1. The topological polar surface area (TPSA) is 79.2 Å². The van der Waals surface area contributed by atoms with Crippen LogP contribution in [-0.4, -0.2) is 11.7 Å². The highest BCUT2D eigenvalue weighted by molar-refractivity contribution is 9.10. The number of amides is 1. The molecule has 35 heavy (non-hydrogen) atoms. The van der Waals surface area contributed by atoms with Gasteiger partial charge in [-0.05, 0) is 59.7 Å².